The molecule has 1 aliphatic carbocycles. The Morgan fingerprint density at radius 3 is 2.59 bits per heavy atom. The molecule has 1 aromatic rings. The van der Waals surface area contributed by atoms with Crippen LogP contribution in [0.15, 0.2) is 12.1 Å². The van der Waals surface area contributed by atoms with E-state index in [4.69, 9.17) is 28.3 Å². The van der Waals surface area contributed by atoms with E-state index in [0.29, 0.717) is 22.2 Å². The van der Waals surface area contributed by atoms with E-state index in [1.807, 2.05) is 6.92 Å². The first-order valence-electron chi connectivity index (χ1n) is 5.44. The Kier molecular flexibility index (Phi) is 3.50. The predicted molar refractivity (Wildman–Crippen MR) is 69.0 cm³/mol. The largest absolute Gasteiger partial charge is 0.481 e. The van der Waals surface area contributed by atoms with E-state index in [9.17, 15) is 4.79 Å². The molecule has 0 radical (unpaired) electrons. The summed E-state index contributed by atoms with van der Waals surface area (Å²) in [5, 5.41) is 13.3. The van der Waals surface area contributed by atoms with Gasteiger partial charge in [-0.25, -0.2) is 0 Å². The van der Waals surface area contributed by atoms with Gasteiger partial charge >= 0.3 is 5.97 Å². The number of aryl methyl sites for hydroxylation is 1. The van der Waals surface area contributed by atoms with Crippen LogP contribution in [0.3, 0.4) is 0 Å². The summed E-state index contributed by atoms with van der Waals surface area (Å²) in [5.74, 6) is -1.09. The first-order chi connectivity index (χ1) is 7.99. The van der Waals surface area contributed by atoms with Crippen LogP contribution in [0.2, 0.25) is 10.0 Å². The minimum absolute atomic E-state index is 0.0521. The smallest absolute Gasteiger partial charge is 0.308 e. The molecule has 1 saturated carbocycles. The molecule has 2 atom stereocenters. The molecule has 92 valence electrons. The number of hydrogen-bond acceptors (Lipinski definition) is 2. The van der Waals surface area contributed by atoms with Crippen LogP contribution in [-0.4, -0.2) is 17.1 Å². The molecule has 0 spiro atoms. The van der Waals surface area contributed by atoms with Gasteiger partial charge < -0.3 is 10.4 Å². The van der Waals surface area contributed by atoms with Crippen molar-refractivity contribution in [3.8, 4) is 0 Å². The van der Waals surface area contributed by atoms with Crippen molar-refractivity contribution >= 4 is 34.9 Å². The third-order valence-electron chi connectivity index (χ3n) is 3.18. The summed E-state index contributed by atoms with van der Waals surface area (Å²) in [6.45, 7) is 1.88. The Labute approximate surface area is 110 Å². The lowest BCUT2D eigenvalue weighted by Gasteiger charge is -2.35. The Hall–Kier alpha value is -0.930. The van der Waals surface area contributed by atoms with Crippen LogP contribution in [0, 0.1) is 12.8 Å². The van der Waals surface area contributed by atoms with Gasteiger partial charge in [0.05, 0.1) is 16.6 Å². The molecule has 0 heterocycles. The van der Waals surface area contributed by atoms with Crippen molar-refractivity contribution in [2.45, 2.75) is 25.8 Å². The lowest BCUT2D eigenvalue weighted by atomic mass is 9.79. The maximum Gasteiger partial charge on any atom is 0.308 e. The maximum atomic E-state index is 10.9. The number of carboxylic acids is 1. The third-order valence-corrected chi connectivity index (χ3v) is 3.90. The standard InChI is InChI=1S/C12H13Cl2NO2/c1-6-4-9(14)11(5-8(6)13)15-10-3-2-7(10)12(16)17/h4-5,7,10,15H,2-3H2,1H3,(H,16,17). The van der Waals surface area contributed by atoms with Crippen molar-refractivity contribution in [3.05, 3.63) is 27.7 Å². The van der Waals surface area contributed by atoms with Gasteiger partial charge in [-0.05, 0) is 37.5 Å². The molecular weight excluding hydrogens is 261 g/mol. The fraction of sp³-hybridized carbons (Fsp3) is 0.417. The number of carbonyl (C=O) groups is 1. The van der Waals surface area contributed by atoms with Crippen molar-refractivity contribution < 1.29 is 9.90 Å². The van der Waals surface area contributed by atoms with Gasteiger partial charge in [0.2, 0.25) is 0 Å². The highest BCUT2D eigenvalue weighted by molar-refractivity contribution is 6.35. The summed E-state index contributed by atoms with van der Waals surface area (Å²) >= 11 is 12.1. The molecule has 2 unspecified atom stereocenters. The highest BCUT2D eigenvalue weighted by Crippen LogP contribution is 2.35. The molecule has 2 rings (SSSR count). The molecule has 0 aliphatic heterocycles. The zero-order chi connectivity index (χ0) is 12.6. The fourth-order valence-corrected chi connectivity index (χ4v) is 2.36. The molecule has 0 amide bonds. The lowest BCUT2D eigenvalue weighted by Crippen LogP contribution is -2.43. The number of rotatable bonds is 3. The van der Waals surface area contributed by atoms with Crippen LogP contribution in [0.25, 0.3) is 0 Å². The van der Waals surface area contributed by atoms with Crippen LogP contribution < -0.4 is 5.32 Å². The number of aliphatic carboxylic acids is 1. The molecule has 0 saturated heterocycles. The van der Waals surface area contributed by atoms with E-state index >= 15 is 0 Å². The molecule has 0 bridgehead atoms. The summed E-state index contributed by atoms with van der Waals surface area (Å²) in [5.41, 5.74) is 1.61. The fourth-order valence-electron chi connectivity index (χ4n) is 1.92. The van der Waals surface area contributed by atoms with Gasteiger partial charge in [0.1, 0.15) is 0 Å². The number of benzene rings is 1. The second kappa shape index (κ2) is 4.75. The summed E-state index contributed by atoms with van der Waals surface area (Å²) in [6.07, 6.45) is 1.56. The second-order valence-electron chi connectivity index (χ2n) is 4.35. The first-order valence-corrected chi connectivity index (χ1v) is 6.19. The number of carboxylic acid groups (broad SMARTS) is 1. The van der Waals surface area contributed by atoms with E-state index in [-0.39, 0.29) is 12.0 Å². The number of nitrogens with one attached hydrogen (secondary N) is 1. The van der Waals surface area contributed by atoms with Crippen molar-refractivity contribution in [2.75, 3.05) is 5.32 Å². The highest BCUT2D eigenvalue weighted by atomic mass is 35.5. The minimum Gasteiger partial charge on any atom is -0.481 e. The molecule has 1 fully saturated rings. The van der Waals surface area contributed by atoms with Gasteiger partial charge in [0.25, 0.3) is 0 Å². The Balaban J connectivity index is 2.14. The number of halogens is 2. The van der Waals surface area contributed by atoms with E-state index < -0.39 is 5.97 Å². The van der Waals surface area contributed by atoms with Gasteiger partial charge in [-0.1, -0.05) is 23.2 Å². The average molecular weight is 274 g/mol. The Morgan fingerprint density at radius 2 is 2.06 bits per heavy atom. The zero-order valence-corrected chi connectivity index (χ0v) is 10.8. The van der Waals surface area contributed by atoms with Crippen molar-refractivity contribution in [2.24, 2.45) is 5.92 Å². The number of hydrogen-bond donors (Lipinski definition) is 2. The van der Waals surface area contributed by atoms with Crippen LogP contribution in [0.1, 0.15) is 18.4 Å². The second-order valence-corrected chi connectivity index (χ2v) is 5.17. The molecule has 17 heavy (non-hydrogen) atoms. The van der Waals surface area contributed by atoms with E-state index in [1.54, 1.807) is 12.1 Å². The van der Waals surface area contributed by atoms with Crippen molar-refractivity contribution in [1.82, 2.24) is 0 Å². The lowest BCUT2D eigenvalue weighted by molar-refractivity contribution is -0.144. The molecule has 1 aromatic carbocycles. The topological polar surface area (TPSA) is 49.3 Å². The van der Waals surface area contributed by atoms with Crippen LogP contribution in [-0.2, 0) is 4.79 Å². The normalized spacial score (nSPS) is 23.0. The molecule has 2 N–H and O–H groups in total. The van der Waals surface area contributed by atoms with Crippen molar-refractivity contribution in [1.29, 1.82) is 0 Å². The summed E-state index contributed by atoms with van der Waals surface area (Å²) in [7, 11) is 0. The number of anilines is 1. The van der Waals surface area contributed by atoms with E-state index in [1.165, 1.54) is 0 Å². The van der Waals surface area contributed by atoms with Crippen LogP contribution >= 0.6 is 23.2 Å². The van der Waals surface area contributed by atoms with Gasteiger partial charge in [0, 0.05) is 11.1 Å². The summed E-state index contributed by atoms with van der Waals surface area (Å²) in [4.78, 5) is 10.9. The Bertz CT molecular complexity index is 462. The van der Waals surface area contributed by atoms with Crippen molar-refractivity contribution in [3.63, 3.8) is 0 Å². The minimum atomic E-state index is -0.761. The quantitative estimate of drug-likeness (QED) is 0.885. The van der Waals surface area contributed by atoms with Gasteiger partial charge in [-0.15, -0.1) is 0 Å². The highest BCUT2D eigenvalue weighted by Gasteiger charge is 2.36. The average Bonchev–Trinajstić information content (AvgIpc) is 2.18. The zero-order valence-electron chi connectivity index (χ0n) is 9.34. The molecule has 1 aliphatic rings. The maximum absolute atomic E-state index is 10.9. The Morgan fingerprint density at radius 1 is 1.35 bits per heavy atom. The third kappa shape index (κ3) is 2.50. The predicted octanol–water partition coefficient (Wildman–Crippen LogP) is 3.58. The monoisotopic (exact) mass is 273 g/mol. The molecule has 5 heteroatoms. The van der Waals surface area contributed by atoms with Gasteiger partial charge in [-0.3, -0.25) is 4.79 Å². The molecule has 0 aromatic heterocycles. The van der Waals surface area contributed by atoms with E-state index in [2.05, 4.69) is 5.32 Å². The SMILES string of the molecule is Cc1cc(Cl)c(NC2CCC2C(=O)O)cc1Cl. The summed E-state index contributed by atoms with van der Waals surface area (Å²) in [6, 6.07) is 3.47. The first kappa shape index (κ1) is 12.5. The summed E-state index contributed by atoms with van der Waals surface area (Å²) < 4.78 is 0. The van der Waals surface area contributed by atoms with Crippen LogP contribution in [0.4, 0.5) is 5.69 Å². The van der Waals surface area contributed by atoms with Crippen LogP contribution in [0.5, 0.6) is 0 Å². The van der Waals surface area contributed by atoms with Gasteiger partial charge in [-0.2, -0.15) is 0 Å². The molecular formula is C12H13Cl2NO2. The van der Waals surface area contributed by atoms with E-state index in [0.717, 1.165) is 12.0 Å². The molecule has 3 nitrogen and oxygen atoms in total. The van der Waals surface area contributed by atoms with Gasteiger partial charge in [0.15, 0.2) is 0 Å².